The fourth-order valence-electron chi connectivity index (χ4n) is 0.400. The number of nitrogens with zero attached hydrogens (tertiary/aromatic N) is 3. The van der Waals surface area contributed by atoms with Crippen molar-refractivity contribution in [2.75, 3.05) is 41.3 Å². The van der Waals surface area contributed by atoms with Crippen LogP contribution in [0.3, 0.4) is 0 Å². The molecule has 0 aromatic heterocycles. The van der Waals surface area contributed by atoms with Gasteiger partial charge in [0.2, 0.25) is 0 Å². The maximum absolute atomic E-state index is 7.32. The third kappa shape index (κ3) is 26.6. The van der Waals surface area contributed by atoms with Gasteiger partial charge in [-0.3, -0.25) is 0 Å². The van der Waals surface area contributed by atoms with Crippen LogP contribution >= 0.6 is 0 Å². The first-order chi connectivity index (χ1) is 5.04. The van der Waals surface area contributed by atoms with Gasteiger partial charge in [-0.1, -0.05) is 0 Å². The molecule has 0 spiro atoms. The summed E-state index contributed by atoms with van der Waals surface area (Å²) >= 11 is 0. The van der Waals surface area contributed by atoms with Crippen LogP contribution in [0.1, 0.15) is 6.92 Å². The summed E-state index contributed by atoms with van der Waals surface area (Å²) in [6.45, 7) is 3.72. The molecule has 0 aliphatic carbocycles. The van der Waals surface area contributed by atoms with Gasteiger partial charge in [0.1, 0.15) is 0 Å². The van der Waals surface area contributed by atoms with Crippen LogP contribution in [-0.2, 0) is 0 Å². The molecule has 66 valence electrons. The second-order valence-electron chi connectivity index (χ2n) is 2.83. The fourth-order valence-corrected chi connectivity index (χ4v) is 0.400. The van der Waals surface area contributed by atoms with Gasteiger partial charge in [-0.25, -0.2) is 0 Å². The monoisotopic (exact) mass is 157 g/mol. The summed E-state index contributed by atoms with van der Waals surface area (Å²) in [5.41, 5.74) is 0. The summed E-state index contributed by atoms with van der Waals surface area (Å²) in [6, 6.07) is 1.75. The lowest BCUT2D eigenvalue weighted by Gasteiger charge is -2.13. The molecule has 3 nitrogen and oxygen atoms in total. The Bertz CT molecular complexity index is 94.4. The third-order valence-electron chi connectivity index (χ3n) is 0.994. The summed E-state index contributed by atoms with van der Waals surface area (Å²) in [5, 5.41) is 7.32. The van der Waals surface area contributed by atoms with Crippen molar-refractivity contribution in [3.63, 3.8) is 0 Å². The van der Waals surface area contributed by atoms with Crippen LogP contribution in [0.4, 0.5) is 0 Å². The highest BCUT2D eigenvalue weighted by Gasteiger charge is 1.89. The van der Waals surface area contributed by atoms with Gasteiger partial charge < -0.3 is 9.80 Å². The molecule has 0 N–H and O–H groups in total. The second kappa shape index (κ2) is 9.41. The molecular weight excluding hydrogens is 138 g/mol. The smallest absolute Gasteiger partial charge is 0.0587 e. The van der Waals surface area contributed by atoms with Crippen molar-refractivity contribution in [2.45, 2.75) is 6.92 Å². The van der Waals surface area contributed by atoms with Crippen LogP contribution in [0.25, 0.3) is 0 Å². The molecule has 0 radical (unpaired) electrons. The highest BCUT2D eigenvalue weighted by molar-refractivity contribution is 4.51. The maximum atomic E-state index is 7.32. The van der Waals surface area contributed by atoms with E-state index in [1.807, 2.05) is 0 Å². The van der Waals surface area contributed by atoms with Gasteiger partial charge in [-0.2, -0.15) is 5.26 Å². The van der Waals surface area contributed by atoms with Crippen LogP contribution in [0.15, 0.2) is 0 Å². The highest BCUT2D eigenvalue weighted by Crippen LogP contribution is 1.76. The van der Waals surface area contributed by atoms with E-state index in [9.17, 15) is 0 Å². The topological polar surface area (TPSA) is 30.3 Å². The zero-order valence-electron chi connectivity index (χ0n) is 8.26. The molecule has 0 unspecified atom stereocenters. The van der Waals surface area contributed by atoms with Crippen molar-refractivity contribution in [2.24, 2.45) is 0 Å². The van der Waals surface area contributed by atoms with Gasteiger partial charge in [-0.05, 0) is 28.2 Å². The Labute approximate surface area is 70.2 Å². The predicted molar refractivity (Wildman–Crippen MR) is 48.4 cm³/mol. The molecule has 0 rings (SSSR count). The van der Waals surface area contributed by atoms with Crippen LogP contribution in [-0.4, -0.2) is 51.1 Å². The molecule has 0 aromatic carbocycles. The van der Waals surface area contributed by atoms with Gasteiger partial charge in [0.05, 0.1) is 6.07 Å². The summed E-state index contributed by atoms with van der Waals surface area (Å²) in [5.74, 6) is 0. The number of rotatable bonds is 3. The molecule has 0 bridgehead atoms. The van der Waals surface area contributed by atoms with Crippen molar-refractivity contribution < 1.29 is 0 Å². The van der Waals surface area contributed by atoms with Crippen LogP contribution in [0.5, 0.6) is 0 Å². The normalized spacial score (nSPS) is 8.91. The van der Waals surface area contributed by atoms with Crippen LogP contribution in [0, 0.1) is 11.3 Å². The molecule has 0 heterocycles. The number of hydrogen-bond donors (Lipinski definition) is 0. The molecule has 0 fully saturated rings. The molecule has 0 aromatic rings. The van der Waals surface area contributed by atoms with E-state index in [4.69, 9.17) is 5.26 Å². The van der Waals surface area contributed by atoms with Crippen molar-refractivity contribution >= 4 is 0 Å². The summed E-state index contributed by atoms with van der Waals surface area (Å²) < 4.78 is 0. The molecular formula is C8H19N3. The van der Waals surface area contributed by atoms with Crippen molar-refractivity contribution in [3.05, 3.63) is 0 Å². The van der Waals surface area contributed by atoms with Gasteiger partial charge in [0, 0.05) is 20.0 Å². The minimum Gasteiger partial charge on any atom is -0.308 e. The molecule has 11 heavy (non-hydrogen) atoms. The van der Waals surface area contributed by atoms with Gasteiger partial charge in [0.25, 0.3) is 0 Å². The molecule has 0 aliphatic rings. The minimum absolute atomic E-state index is 1.15. The van der Waals surface area contributed by atoms with Gasteiger partial charge in [-0.15, -0.1) is 0 Å². The molecule has 3 heteroatoms. The largest absolute Gasteiger partial charge is 0.308 e. The SMILES string of the molecule is CC#N.CN(C)CCN(C)C. The second-order valence-corrected chi connectivity index (χ2v) is 2.83. The van der Waals surface area contributed by atoms with Crippen molar-refractivity contribution in [1.29, 1.82) is 5.26 Å². The Balaban J connectivity index is 0. The van der Waals surface area contributed by atoms with E-state index in [-0.39, 0.29) is 0 Å². The van der Waals surface area contributed by atoms with Crippen LogP contribution in [0.2, 0.25) is 0 Å². The van der Waals surface area contributed by atoms with Gasteiger partial charge in [0.15, 0.2) is 0 Å². The van der Waals surface area contributed by atoms with E-state index in [1.165, 1.54) is 6.92 Å². The Morgan fingerprint density at radius 1 is 1.00 bits per heavy atom. The first-order valence-corrected chi connectivity index (χ1v) is 3.64. The average molecular weight is 157 g/mol. The summed E-state index contributed by atoms with van der Waals surface area (Å²) in [4.78, 5) is 4.36. The van der Waals surface area contributed by atoms with Crippen molar-refractivity contribution in [3.8, 4) is 6.07 Å². The Hall–Kier alpha value is -0.590. The van der Waals surface area contributed by atoms with E-state index in [1.54, 1.807) is 6.07 Å². The average Bonchev–Trinajstić information content (AvgIpc) is 1.85. The van der Waals surface area contributed by atoms with Crippen molar-refractivity contribution in [1.82, 2.24) is 9.80 Å². The molecule has 0 aliphatic heterocycles. The molecule has 0 atom stereocenters. The summed E-state index contributed by atoms with van der Waals surface area (Å²) in [7, 11) is 8.35. The lowest BCUT2D eigenvalue weighted by molar-refractivity contribution is 0.320. The molecule has 0 saturated carbocycles. The third-order valence-corrected chi connectivity index (χ3v) is 0.994. The number of likely N-dealkylation sites (N-methyl/N-ethyl adjacent to an activating group) is 2. The maximum Gasteiger partial charge on any atom is 0.0587 e. The highest BCUT2D eigenvalue weighted by atomic mass is 15.1. The van der Waals surface area contributed by atoms with E-state index in [2.05, 4.69) is 38.0 Å². The van der Waals surface area contributed by atoms with E-state index in [0.717, 1.165) is 13.1 Å². The first kappa shape index (κ1) is 13.0. The quantitative estimate of drug-likeness (QED) is 0.602. The molecule has 0 amide bonds. The number of hydrogen-bond acceptors (Lipinski definition) is 3. The molecule has 0 saturated heterocycles. The predicted octanol–water partition coefficient (Wildman–Crippen LogP) is 0.639. The lowest BCUT2D eigenvalue weighted by Crippen LogP contribution is -2.25. The lowest BCUT2D eigenvalue weighted by atomic mass is 10.5. The van der Waals surface area contributed by atoms with E-state index < -0.39 is 0 Å². The van der Waals surface area contributed by atoms with E-state index >= 15 is 0 Å². The fraction of sp³-hybridized carbons (Fsp3) is 0.875. The summed E-state index contributed by atoms with van der Waals surface area (Å²) in [6.07, 6.45) is 0. The number of nitriles is 1. The standard InChI is InChI=1S/C6H16N2.C2H3N/c1-7(2)5-6-8(3)4;1-2-3/h5-6H2,1-4H3;1H3. The van der Waals surface area contributed by atoms with E-state index in [0.29, 0.717) is 0 Å². The minimum atomic E-state index is 1.15. The Morgan fingerprint density at radius 2 is 1.18 bits per heavy atom. The zero-order chi connectivity index (χ0) is 9.28. The van der Waals surface area contributed by atoms with Gasteiger partial charge >= 0.3 is 0 Å². The zero-order valence-corrected chi connectivity index (χ0v) is 8.26. The Morgan fingerprint density at radius 3 is 1.27 bits per heavy atom. The first-order valence-electron chi connectivity index (χ1n) is 3.64. The Kier molecular flexibility index (Phi) is 11.1. The van der Waals surface area contributed by atoms with Crippen LogP contribution < -0.4 is 0 Å².